The van der Waals surface area contributed by atoms with Crippen molar-refractivity contribution in [1.29, 1.82) is 0 Å². The lowest BCUT2D eigenvalue weighted by atomic mass is 9.96. The second-order valence-electron chi connectivity index (χ2n) is 9.21. The third kappa shape index (κ3) is 6.19. The fourth-order valence-corrected chi connectivity index (χ4v) is 5.56. The van der Waals surface area contributed by atoms with Crippen LogP contribution in [0.15, 0.2) is 60.2 Å². The van der Waals surface area contributed by atoms with E-state index in [1.807, 2.05) is 0 Å². The Morgan fingerprint density at radius 2 is 2.08 bits per heavy atom. The molecule has 208 valence electrons. The molecule has 1 fully saturated rings. The second kappa shape index (κ2) is 11.8. The van der Waals surface area contributed by atoms with Crippen LogP contribution in [0.2, 0.25) is 5.02 Å². The number of rotatable bonds is 7. The number of carbonyl (C=O) groups excluding carboxylic acids is 1. The smallest absolute Gasteiger partial charge is 0.422 e. The molecule has 13 heteroatoms. The molecule has 4 aromatic rings. The van der Waals surface area contributed by atoms with Crippen molar-refractivity contribution in [2.45, 2.75) is 19.0 Å². The zero-order valence-corrected chi connectivity index (χ0v) is 22.6. The number of ether oxygens (including phenoxy) is 1. The van der Waals surface area contributed by atoms with Gasteiger partial charge in [0.1, 0.15) is 27.8 Å². The zero-order chi connectivity index (χ0) is 28.3. The van der Waals surface area contributed by atoms with E-state index in [0.717, 1.165) is 6.42 Å². The molecular weight excluding hydrogens is 565 g/mol. The summed E-state index contributed by atoms with van der Waals surface area (Å²) in [6.45, 7) is 1.00. The molecule has 0 saturated carbocycles. The Hall–Kier alpha value is -3.74. The van der Waals surface area contributed by atoms with Crippen LogP contribution in [-0.2, 0) is 6.18 Å². The lowest BCUT2D eigenvalue weighted by Gasteiger charge is -2.37. The van der Waals surface area contributed by atoms with Gasteiger partial charge in [-0.15, -0.1) is 11.3 Å². The molecule has 3 N–H and O–H groups in total. The van der Waals surface area contributed by atoms with Crippen LogP contribution >= 0.6 is 22.9 Å². The van der Waals surface area contributed by atoms with Crippen molar-refractivity contribution in [3.8, 4) is 22.1 Å². The number of hydrogen-bond acceptors (Lipinski definition) is 8. The highest BCUT2D eigenvalue weighted by Crippen LogP contribution is 2.48. The van der Waals surface area contributed by atoms with Gasteiger partial charge in [-0.3, -0.25) is 4.79 Å². The minimum atomic E-state index is -4.80. The molecule has 1 aliphatic heterocycles. The average molecular weight is 589 g/mol. The maximum absolute atomic E-state index is 14.8. The average Bonchev–Trinajstić information content (AvgIpc) is 3.44. The van der Waals surface area contributed by atoms with Gasteiger partial charge in [0.25, 0.3) is 5.91 Å². The standard InChI is InChI=1S/C27H24ClF3N6O2S/c28-18-4-1-5-19(11-18)39-22-7-6-20(24(23(22)27(29,30)31)37-10-2-3-16(12-32)14-37)35-25(38)21-15-40-26(36-21)17-8-9-33-34-13-17/h1,4-9,11,13,15-16H,2-3,10,12,14,32H2,(H,35,38)/t16-/m0/s1. The Kier molecular flexibility index (Phi) is 8.19. The highest BCUT2D eigenvalue weighted by Gasteiger charge is 2.41. The first-order valence-corrected chi connectivity index (χ1v) is 13.6. The van der Waals surface area contributed by atoms with Crippen LogP contribution in [0.1, 0.15) is 28.9 Å². The van der Waals surface area contributed by atoms with E-state index >= 15 is 0 Å². The summed E-state index contributed by atoms with van der Waals surface area (Å²) in [7, 11) is 0. The minimum absolute atomic E-state index is 0.00552. The van der Waals surface area contributed by atoms with Crippen LogP contribution < -0.4 is 20.7 Å². The van der Waals surface area contributed by atoms with Crippen LogP contribution in [0.25, 0.3) is 10.6 Å². The van der Waals surface area contributed by atoms with Crippen LogP contribution in [0.5, 0.6) is 11.5 Å². The van der Waals surface area contributed by atoms with Crippen molar-refractivity contribution in [3.05, 3.63) is 76.5 Å². The molecule has 40 heavy (non-hydrogen) atoms. The SMILES string of the molecule is NC[C@@H]1CCCN(c2c(NC(=O)c3csc(-c4ccnnc4)n3)ccc(Oc3cccc(Cl)c3)c2C(F)(F)F)C1. The van der Waals surface area contributed by atoms with Gasteiger partial charge in [-0.1, -0.05) is 17.7 Å². The van der Waals surface area contributed by atoms with Gasteiger partial charge in [0.15, 0.2) is 0 Å². The first-order valence-electron chi connectivity index (χ1n) is 12.4. The third-order valence-corrected chi connectivity index (χ3v) is 7.56. The normalized spacial score (nSPS) is 15.6. The Bertz CT molecular complexity index is 1500. The van der Waals surface area contributed by atoms with E-state index in [9.17, 15) is 18.0 Å². The molecule has 2 aromatic heterocycles. The van der Waals surface area contributed by atoms with Crippen LogP contribution in [0, 0.1) is 5.92 Å². The van der Waals surface area contributed by atoms with Crippen molar-refractivity contribution in [2.24, 2.45) is 11.7 Å². The van der Waals surface area contributed by atoms with Gasteiger partial charge in [-0.2, -0.15) is 23.4 Å². The summed E-state index contributed by atoms with van der Waals surface area (Å²) in [6, 6.07) is 10.4. The molecule has 0 bridgehead atoms. The number of nitrogens with zero attached hydrogens (tertiary/aromatic N) is 4. The number of nitrogens with one attached hydrogen (secondary N) is 1. The fraction of sp³-hybridized carbons (Fsp3) is 0.259. The predicted octanol–water partition coefficient (Wildman–Crippen LogP) is 6.49. The Morgan fingerprint density at radius 3 is 2.80 bits per heavy atom. The first-order chi connectivity index (χ1) is 19.2. The Balaban J connectivity index is 1.55. The molecule has 8 nitrogen and oxygen atoms in total. The van der Waals surface area contributed by atoms with Gasteiger partial charge < -0.3 is 20.7 Å². The minimum Gasteiger partial charge on any atom is -0.457 e. The highest BCUT2D eigenvalue weighted by molar-refractivity contribution is 7.13. The zero-order valence-electron chi connectivity index (χ0n) is 21.0. The van der Waals surface area contributed by atoms with Crippen molar-refractivity contribution in [3.63, 3.8) is 0 Å². The van der Waals surface area contributed by atoms with E-state index in [1.165, 1.54) is 53.4 Å². The second-order valence-corrected chi connectivity index (χ2v) is 10.5. The van der Waals surface area contributed by atoms with E-state index in [0.29, 0.717) is 41.6 Å². The van der Waals surface area contributed by atoms with Gasteiger partial charge in [0.05, 0.1) is 23.8 Å². The number of carbonyl (C=O) groups is 1. The number of anilines is 2. The van der Waals surface area contributed by atoms with Crippen molar-refractivity contribution in [2.75, 3.05) is 29.9 Å². The topological polar surface area (TPSA) is 106 Å². The van der Waals surface area contributed by atoms with Gasteiger partial charge >= 0.3 is 6.18 Å². The number of thiazole rings is 1. The number of hydrogen-bond donors (Lipinski definition) is 2. The molecule has 0 unspecified atom stereocenters. The summed E-state index contributed by atoms with van der Waals surface area (Å²) < 4.78 is 50.0. The highest BCUT2D eigenvalue weighted by atomic mass is 35.5. The molecule has 1 saturated heterocycles. The van der Waals surface area contributed by atoms with Crippen LogP contribution in [-0.4, -0.2) is 40.7 Å². The molecule has 5 rings (SSSR count). The number of aromatic nitrogens is 3. The summed E-state index contributed by atoms with van der Waals surface area (Å²) in [5.74, 6) is -0.890. The summed E-state index contributed by atoms with van der Waals surface area (Å²) in [5.41, 5.74) is 5.45. The van der Waals surface area contributed by atoms with Crippen molar-refractivity contribution < 1.29 is 22.7 Å². The fourth-order valence-electron chi connectivity index (χ4n) is 4.59. The van der Waals surface area contributed by atoms with Gasteiger partial charge in [-0.05, 0) is 61.7 Å². The number of piperidine rings is 1. The summed E-state index contributed by atoms with van der Waals surface area (Å²) in [6.07, 6.45) is -0.331. The lowest BCUT2D eigenvalue weighted by Crippen LogP contribution is -2.40. The summed E-state index contributed by atoms with van der Waals surface area (Å²) >= 11 is 7.24. The molecule has 0 spiro atoms. The van der Waals surface area contributed by atoms with E-state index in [4.69, 9.17) is 22.1 Å². The third-order valence-electron chi connectivity index (χ3n) is 6.43. The molecule has 2 aromatic carbocycles. The monoisotopic (exact) mass is 588 g/mol. The van der Waals surface area contributed by atoms with Gasteiger partial charge in [0.2, 0.25) is 0 Å². The molecule has 1 atom stereocenters. The molecule has 1 aliphatic rings. The largest absolute Gasteiger partial charge is 0.457 e. The summed E-state index contributed by atoms with van der Waals surface area (Å²) in [5, 5.41) is 12.6. The first kappa shape index (κ1) is 27.8. The van der Waals surface area contributed by atoms with Gasteiger partial charge in [-0.25, -0.2) is 4.98 Å². The summed E-state index contributed by atoms with van der Waals surface area (Å²) in [4.78, 5) is 19.2. The maximum atomic E-state index is 14.8. The van der Waals surface area contributed by atoms with Crippen LogP contribution in [0.3, 0.4) is 0 Å². The Morgan fingerprint density at radius 1 is 1.23 bits per heavy atom. The number of halogens is 4. The number of alkyl halides is 3. The number of nitrogens with two attached hydrogens (primary N) is 1. The maximum Gasteiger partial charge on any atom is 0.422 e. The molecule has 1 amide bonds. The molecule has 0 radical (unpaired) electrons. The van der Waals surface area contributed by atoms with Crippen LogP contribution in [0.4, 0.5) is 24.5 Å². The predicted molar refractivity (Wildman–Crippen MR) is 148 cm³/mol. The molecule has 0 aliphatic carbocycles. The number of benzene rings is 2. The van der Waals surface area contributed by atoms with Crippen molar-refractivity contribution >= 4 is 40.2 Å². The van der Waals surface area contributed by atoms with E-state index in [2.05, 4.69) is 20.5 Å². The van der Waals surface area contributed by atoms with E-state index < -0.39 is 23.4 Å². The van der Waals surface area contributed by atoms with E-state index in [1.54, 1.807) is 23.1 Å². The van der Waals surface area contributed by atoms with Gasteiger partial charge in [0, 0.05) is 29.1 Å². The van der Waals surface area contributed by atoms with E-state index in [-0.39, 0.29) is 28.7 Å². The quantitative estimate of drug-likeness (QED) is 0.254. The van der Waals surface area contributed by atoms with Crippen molar-refractivity contribution in [1.82, 2.24) is 15.2 Å². The number of amides is 1. The lowest BCUT2D eigenvalue weighted by molar-refractivity contribution is -0.138. The molecular formula is C27H24ClF3N6O2S. The Labute approximate surface area is 237 Å². The molecule has 3 heterocycles.